The van der Waals surface area contributed by atoms with Gasteiger partial charge < -0.3 is 16.8 Å². The summed E-state index contributed by atoms with van der Waals surface area (Å²) in [7, 11) is 0. The van der Waals surface area contributed by atoms with Crippen molar-refractivity contribution >= 4 is 28.3 Å². The average Bonchev–Trinajstić information content (AvgIpc) is 2.72. The van der Waals surface area contributed by atoms with Gasteiger partial charge in [-0.1, -0.05) is 0 Å². The van der Waals surface area contributed by atoms with Gasteiger partial charge in [0.1, 0.15) is 22.2 Å². The van der Waals surface area contributed by atoms with Gasteiger partial charge in [0.2, 0.25) is 0 Å². The molecule has 8 heteroatoms. The lowest BCUT2D eigenvalue weighted by molar-refractivity contribution is 0.100. The largest absolute Gasteiger partial charge is 0.382 e. The second-order valence-corrected chi connectivity index (χ2v) is 4.50. The highest BCUT2D eigenvalue weighted by Crippen LogP contribution is 2.26. The molecule has 2 aromatic rings. The van der Waals surface area contributed by atoms with E-state index in [2.05, 4.69) is 9.69 Å². The Morgan fingerprint density at radius 3 is 2.84 bits per heavy atom. The minimum absolute atomic E-state index is 0.00843. The predicted molar refractivity (Wildman–Crippen MR) is 68.7 cm³/mol. The van der Waals surface area contributed by atoms with Crippen LogP contribution in [-0.2, 0) is 6.54 Å². The summed E-state index contributed by atoms with van der Waals surface area (Å²) >= 11 is 0.931. The van der Waals surface area contributed by atoms with Crippen LogP contribution in [-0.4, -0.2) is 10.3 Å². The Morgan fingerprint density at radius 1 is 1.42 bits per heavy atom. The number of nitrogens with zero attached hydrogens (tertiary/aromatic N) is 1. The van der Waals surface area contributed by atoms with E-state index in [0.29, 0.717) is 5.00 Å². The molecule has 1 heterocycles. The molecular weight excluding hydrogens is 274 g/mol. The summed E-state index contributed by atoms with van der Waals surface area (Å²) in [4.78, 5) is 11.2. The number of aromatic nitrogens is 1. The van der Waals surface area contributed by atoms with Gasteiger partial charge in [-0.3, -0.25) is 4.79 Å². The first kappa shape index (κ1) is 13.2. The number of halogens is 2. The smallest absolute Gasteiger partial charge is 0.255 e. The number of nitrogens with one attached hydrogen (secondary N) is 1. The number of benzene rings is 1. The lowest BCUT2D eigenvalue weighted by Crippen LogP contribution is -2.14. The van der Waals surface area contributed by atoms with Crippen LogP contribution in [0.3, 0.4) is 0 Å². The molecule has 0 fully saturated rings. The van der Waals surface area contributed by atoms with Crippen molar-refractivity contribution in [2.75, 3.05) is 11.1 Å². The Hall–Kier alpha value is -2.22. The van der Waals surface area contributed by atoms with Crippen molar-refractivity contribution in [1.29, 1.82) is 0 Å². The molecule has 1 amide bonds. The minimum Gasteiger partial charge on any atom is -0.382 e. The molecule has 5 nitrogen and oxygen atoms in total. The van der Waals surface area contributed by atoms with Gasteiger partial charge in [0.25, 0.3) is 5.91 Å². The van der Waals surface area contributed by atoms with Gasteiger partial charge in [-0.05, 0) is 29.7 Å². The topological polar surface area (TPSA) is 94.0 Å². The third-order valence-corrected chi connectivity index (χ3v) is 3.23. The highest BCUT2D eigenvalue weighted by atomic mass is 32.1. The number of hydrogen-bond acceptors (Lipinski definition) is 5. The molecule has 5 N–H and O–H groups in total. The van der Waals surface area contributed by atoms with E-state index in [4.69, 9.17) is 11.5 Å². The number of carbonyl (C=O) groups excluding carboxylic acids is 1. The van der Waals surface area contributed by atoms with E-state index >= 15 is 0 Å². The Labute approximate surface area is 111 Å². The van der Waals surface area contributed by atoms with Crippen LogP contribution in [0, 0.1) is 11.6 Å². The summed E-state index contributed by atoms with van der Waals surface area (Å²) in [5.41, 5.74) is 10.8. The van der Waals surface area contributed by atoms with Gasteiger partial charge in [-0.25, -0.2) is 8.78 Å². The quantitative estimate of drug-likeness (QED) is 0.796. The summed E-state index contributed by atoms with van der Waals surface area (Å²) in [5.74, 6) is -1.81. The molecule has 0 unspecified atom stereocenters. The molecule has 0 aliphatic heterocycles. The van der Waals surface area contributed by atoms with Crippen LogP contribution in [0.2, 0.25) is 0 Å². The van der Waals surface area contributed by atoms with E-state index in [1.165, 1.54) is 0 Å². The number of carbonyl (C=O) groups is 1. The molecule has 1 aromatic carbocycles. The normalized spacial score (nSPS) is 10.4. The van der Waals surface area contributed by atoms with Crippen molar-refractivity contribution < 1.29 is 13.6 Å². The monoisotopic (exact) mass is 284 g/mol. The van der Waals surface area contributed by atoms with Crippen molar-refractivity contribution in [2.24, 2.45) is 5.73 Å². The summed E-state index contributed by atoms with van der Waals surface area (Å²) in [6, 6.07) is 3.12. The number of nitrogen functional groups attached to an aromatic ring is 1. The van der Waals surface area contributed by atoms with Crippen LogP contribution < -0.4 is 16.8 Å². The molecule has 1 aromatic heterocycles. The molecule has 100 valence electrons. The van der Waals surface area contributed by atoms with Gasteiger partial charge in [-0.15, -0.1) is 0 Å². The number of nitrogens with two attached hydrogens (primary N) is 2. The van der Waals surface area contributed by atoms with E-state index in [9.17, 15) is 13.6 Å². The Balaban J connectivity index is 2.19. The van der Waals surface area contributed by atoms with Gasteiger partial charge in [0.15, 0.2) is 5.82 Å². The second-order valence-electron chi connectivity index (χ2n) is 3.73. The second kappa shape index (κ2) is 5.19. The Morgan fingerprint density at radius 2 is 2.16 bits per heavy atom. The maximum absolute atomic E-state index is 13.4. The first-order valence-electron chi connectivity index (χ1n) is 5.21. The fourth-order valence-corrected chi connectivity index (χ4v) is 2.23. The Bertz CT molecular complexity index is 629. The molecule has 19 heavy (non-hydrogen) atoms. The molecule has 0 saturated heterocycles. The summed E-state index contributed by atoms with van der Waals surface area (Å²) in [5, 5.41) is 3.10. The highest BCUT2D eigenvalue weighted by molar-refractivity contribution is 7.11. The van der Waals surface area contributed by atoms with Crippen molar-refractivity contribution in [2.45, 2.75) is 6.54 Å². The molecule has 0 aliphatic carbocycles. The standard InChI is InChI=1S/C11H10F2N4OS/c12-6-1-2-7(13)5(3-6)4-16-11-8(10(15)18)9(14)17-19-11/h1-3,16H,4H2,(H2,14,17)(H2,15,18). The van der Waals surface area contributed by atoms with Gasteiger partial charge in [-0.2, -0.15) is 4.37 Å². The van der Waals surface area contributed by atoms with E-state index in [0.717, 1.165) is 29.7 Å². The molecule has 2 rings (SSSR count). The average molecular weight is 284 g/mol. The molecule has 0 bridgehead atoms. The third-order valence-electron chi connectivity index (χ3n) is 2.41. The van der Waals surface area contributed by atoms with Crippen LogP contribution in [0.25, 0.3) is 0 Å². The number of hydrogen-bond donors (Lipinski definition) is 3. The van der Waals surface area contributed by atoms with Crippen LogP contribution in [0.15, 0.2) is 18.2 Å². The van der Waals surface area contributed by atoms with Crippen LogP contribution in [0.5, 0.6) is 0 Å². The maximum Gasteiger partial charge on any atom is 0.255 e. The molecule has 0 atom stereocenters. The van der Waals surface area contributed by atoms with Crippen LogP contribution in [0.1, 0.15) is 15.9 Å². The SMILES string of the molecule is NC(=O)c1c(N)nsc1NCc1cc(F)ccc1F. The summed E-state index contributed by atoms with van der Waals surface area (Å²) < 4.78 is 30.2. The van der Waals surface area contributed by atoms with Gasteiger partial charge >= 0.3 is 0 Å². The number of amides is 1. The van der Waals surface area contributed by atoms with Crippen molar-refractivity contribution in [3.05, 3.63) is 41.0 Å². The third kappa shape index (κ3) is 2.79. The lowest BCUT2D eigenvalue weighted by atomic mass is 10.2. The Kier molecular flexibility index (Phi) is 3.61. The van der Waals surface area contributed by atoms with Crippen molar-refractivity contribution in [3.8, 4) is 0 Å². The fourth-order valence-electron chi connectivity index (χ4n) is 1.52. The zero-order valence-electron chi connectivity index (χ0n) is 9.61. The van der Waals surface area contributed by atoms with E-state index in [1.807, 2.05) is 0 Å². The number of rotatable bonds is 4. The first-order chi connectivity index (χ1) is 8.99. The zero-order valence-corrected chi connectivity index (χ0v) is 10.4. The van der Waals surface area contributed by atoms with E-state index in [1.54, 1.807) is 0 Å². The zero-order chi connectivity index (χ0) is 14.0. The maximum atomic E-state index is 13.4. The van der Waals surface area contributed by atoms with Crippen LogP contribution >= 0.6 is 11.5 Å². The van der Waals surface area contributed by atoms with E-state index in [-0.39, 0.29) is 23.5 Å². The number of primary amides is 1. The van der Waals surface area contributed by atoms with Crippen LogP contribution in [0.4, 0.5) is 19.6 Å². The van der Waals surface area contributed by atoms with Gasteiger partial charge in [0, 0.05) is 12.1 Å². The number of anilines is 2. The summed E-state index contributed by atoms with van der Waals surface area (Å²) in [6.45, 7) is -0.00843. The van der Waals surface area contributed by atoms with Gasteiger partial charge in [0.05, 0.1) is 0 Å². The molecule has 0 saturated carbocycles. The predicted octanol–water partition coefficient (Wildman–Crippen LogP) is 1.71. The highest BCUT2D eigenvalue weighted by Gasteiger charge is 2.16. The molecular formula is C11H10F2N4OS. The van der Waals surface area contributed by atoms with E-state index < -0.39 is 17.5 Å². The lowest BCUT2D eigenvalue weighted by Gasteiger charge is -2.06. The van der Waals surface area contributed by atoms with Crippen molar-refractivity contribution in [3.63, 3.8) is 0 Å². The summed E-state index contributed by atoms with van der Waals surface area (Å²) in [6.07, 6.45) is 0. The fraction of sp³-hybridized carbons (Fsp3) is 0.0909. The minimum atomic E-state index is -0.728. The van der Waals surface area contributed by atoms with Crippen molar-refractivity contribution in [1.82, 2.24) is 4.37 Å². The molecule has 0 aliphatic rings. The molecule has 0 spiro atoms. The molecule has 0 radical (unpaired) electrons. The first-order valence-corrected chi connectivity index (χ1v) is 5.99.